The fourth-order valence-electron chi connectivity index (χ4n) is 4.68. The lowest BCUT2D eigenvalue weighted by Crippen LogP contribution is -2.57. The molecule has 2 amide bonds. The summed E-state index contributed by atoms with van der Waals surface area (Å²) in [6.45, 7) is 4.76. The van der Waals surface area contributed by atoms with Crippen LogP contribution in [0.1, 0.15) is 46.5 Å². The van der Waals surface area contributed by atoms with Gasteiger partial charge in [-0.05, 0) is 50.8 Å². The molecule has 0 aliphatic carbocycles. The Balaban J connectivity index is 1.38. The summed E-state index contributed by atoms with van der Waals surface area (Å²) >= 11 is 0. The summed E-state index contributed by atoms with van der Waals surface area (Å²) in [7, 11) is 0. The van der Waals surface area contributed by atoms with Crippen molar-refractivity contribution in [2.75, 3.05) is 32.7 Å². The molecule has 0 spiro atoms. The highest BCUT2D eigenvalue weighted by Gasteiger charge is 2.35. The number of nitrogens with one attached hydrogen (secondary N) is 1. The van der Waals surface area contributed by atoms with Crippen molar-refractivity contribution in [3.63, 3.8) is 0 Å². The van der Waals surface area contributed by atoms with E-state index in [1.54, 1.807) is 12.3 Å². The van der Waals surface area contributed by atoms with Crippen molar-refractivity contribution in [3.8, 4) is 0 Å². The first kappa shape index (κ1) is 16.7. The lowest BCUT2D eigenvalue weighted by Gasteiger charge is -2.44. The highest BCUT2D eigenvalue weighted by Crippen LogP contribution is 2.28. The van der Waals surface area contributed by atoms with Gasteiger partial charge >= 0.3 is 0 Å². The molecule has 6 rings (SSSR count). The minimum absolute atomic E-state index is 0.0267. The summed E-state index contributed by atoms with van der Waals surface area (Å²) in [4.78, 5) is 34.0. The molecule has 4 aliphatic rings. The van der Waals surface area contributed by atoms with Crippen molar-refractivity contribution in [2.24, 2.45) is 5.92 Å². The van der Waals surface area contributed by atoms with E-state index in [0.717, 1.165) is 58.4 Å². The molecule has 142 valence electrons. The van der Waals surface area contributed by atoms with Crippen molar-refractivity contribution >= 4 is 22.8 Å². The van der Waals surface area contributed by atoms with Gasteiger partial charge in [0.2, 0.25) is 0 Å². The Labute approximate surface area is 157 Å². The number of pyridine rings is 1. The first-order valence-electron chi connectivity index (χ1n) is 9.89. The lowest BCUT2D eigenvalue weighted by molar-refractivity contribution is 0.0617. The minimum Gasteiger partial charge on any atom is -0.462 e. The highest BCUT2D eigenvalue weighted by atomic mass is 16.3. The molecule has 2 bridgehead atoms. The molecule has 2 aromatic heterocycles. The molecular formula is C20H24N4O3. The van der Waals surface area contributed by atoms with Gasteiger partial charge in [-0.15, -0.1) is 0 Å². The number of piperidine rings is 3. The Morgan fingerprint density at radius 1 is 1.15 bits per heavy atom. The SMILES string of the molecule is O=C(NC1CN2CCC1CC2)c1cc2c(C(=O)N3CCCC3)coc2cn1. The van der Waals surface area contributed by atoms with Crippen molar-refractivity contribution in [2.45, 2.75) is 31.7 Å². The maximum atomic E-state index is 12.8. The van der Waals surface area contributed by atoms with Gasteiger partial charge in [-0.2, -0.15) is 0 Å². The first-order chi connectivity index (χ1) is 13.2. The average molecular weight is 368 g/mol. The standard InChI is InChI=1S/C20H24N4O3/c25-19(22-17-11-23-7-3-13(17)4-8-23)16-9-14-15(12-27-18(14)10-21-16)20(26)24-5-1-2-6-24/h9-10,12-13,17H,1-8,11H2,(H,22,25). The summed E-state index contributed by atoms with van der Waals surface area (Å²) in [5, 5.41) is 3.83. The minimum atomic E-state index is -0.170. The molecular weight excluding hydrogens is 344 g/mol. The molecule has 4 saturated heterocycles. The Bertz CT molecular complexity index is 878. The Morgan fingerprint density at radius 3 is 2.63 bits per heavy atom. The number of furan rings is 1. The van der Waals surface area contributed by atoms with E-state index in [-0.39, 0.29) is 17.9 Å². The normalized spacial score (nSPS) is 27.3. The van der Waals surface area contributed by atoms with Gasteiger partial charge in [-0.25, -0.2) is 4.98 Å². The average Bonchev–Trinajstić information content (AvgIpc) is 3.38. The van der Waals surface area contributed by atoms with E-state index < -0.39 is 0 Å². The summed E-state index contributed by atoms with van der Waals surface area (Å²) < 4.78 is 5.51. The van der Waals surface area contributed by atoms with Crippen LogP contribution in [-0.2, 0) is 0 Å². The monoisotopic (exact) mass is 368 g/mol. The molecule has 1 unspecified atom stereocenters. The van der Waals surface area contributed by atoms with E-state index >= 15 is 0 Å². The van der Waals surface area contributed by atoms with Crippen molar-refractivity contribution in [3.05, 3.63) is 29.8 Å². The molecule has 6 heterocycles. The second-order valence-corrected chi connectivity index (χ2v) is 7.93. The van der Waals surface area contributed by atoms with E-state index in [0.29, 0.717) is 28.1 Å². The lowest BCUT2D eigenvalue weighted by atomic mass is 9.84. The fraction of sp³-hybridized carbons (Fsp3) is 0.550. The van der Waals surface area contributed by atoms with E-state index in [1.165, 1.54) is 6.26 Å². The van der Waals surface area contributed by atoms with E-state index in [1.807, 2.05) is 4.90 Å². The molecule has 0 aromatic carbocycles. The molecule has 2 aromatic rings. The quantitative estimate of drug-likeness (QED) is 0.895. The molecule has 0 saturated carbocycles. The smallest absolute Gasteiger partial charge is 0.270 e. The van der Waals surface area contributed by atoms with Gasteiger partial charge in [0.15, 0.2) is 5.58 Å². The van der Waals surface area contributed by atoms with Crippen molar-refractivity contribution < 1.29 is 14.0 Å². The van der Waals surface area contributed by atoms with Crippen LogP contribution in [0, 0.1) is 5.92 Å². The molecule has 1 N–H and O–H groups in total. The molecule has 0 radical (unpaired) electrons. The van der Waals surface area contributed by atoms with Crippen LogP contribution in [0.15, 0.2) is 22.9 Å². The maximum absolute atomic E-state index is 12.8. The zero-order valence-electron chi connectivity index (χ0n) is 15.3. The van der Waals surface area contributed by atoms with Gasteiger partial charge in [-0.1, -0.05) is 0 Å². The number of hydrogen-bond acceptors (Lipinski definition) is 5. The summed E-state index contributed by atoms with van der Waals surface area (Å²) in [6, 6.07) is 1.88. The zero-order valence-corrected chi connectivity index (χ0v) is 15.3. The molecule has 1 atom stereocenters. The number of aromatic nitrogens is 1. The zero-order chi connectivity index (χ0) is 18.4. The van der Waals surface area contributed by atoms with Crippen molar-refractivity contribution in [1.82, 2.24) is 20.1 Å². The van der Waals surface area contributed by atoms with Crippen molar-refractivity contribution in [1.29, 1.82) is 0 Å². The number of carbonyl (C=O) groups is 2. The van der Waals surface area contributed by atoms with Gasteiger partial charge in [0, 0.05) is 31.1 Å². The molecule has 7 heteroatoms. The van der Waals surface area contributed by atoms with Gasteiger partial charge < -0.3 is 19.5 Å². The van der Waals surface area contributed by atoms with E-state index in [4.69, 9.17) is 4.42 Å². The van der Waals surface area contributed by atoms with E-state index in [2.05, 4.69) is 15.2 Å². The largest absolute Gasteiger partial charge is 0.462 e. The third-order valence-electron chi connectivity index (χ3n) is 6.29. The van der Waals surface area contributed by atoms with Crippen LogP contribution in [0.3, 0.4) is 0 Å². The summed E-state index contributed by atoms with van der Waals surface area (Å²) in [5.41, 5.74) is 1.40. The summed E-state index contributed by atoms with van der Waals surface area (Å²) in [5.74, 6) is 0.363. The number of rotatable bonds is 3. The predicted molar refractivity (Wildman–Crippen MR) is 99.6 cm³/mol. The Morgan fingerprint density at radius 2 is 1.93 bits per heavy atom. The predicted octanol–water partition coefficient (Wildman–Crippen LogP) is 1.89. The number of nitrogens with zero attached hydrogens (tertiary/aromatic N) is 3. The molecule has 4 aliphatic heterocycles. The maximum Gasteiger partial charge on any atom is 0.270 e. The Hall–Kier alpha value is -2.41. The van der Waals surface area contributed by atoms with E-state index in [9.17, 15) is 9.59 Å². The molecule has 4 fully saturated rings. The topological polar surface area (TPSA) is 78.7 Å². The van der Waals surface area contributed by atoms with Crippen LogP contribution >= 0.6 is 0 Å². The second-order valence-electron chi connectivity index (χ2n) is 7.93. The third-order valence-corrected chi connectivity index (χ3v) is 6.29. The van der Waals surface area contributed by atoms with Gasteiger partial charge in [-0.3, -0.25) is 9.59 Å². The number of fused-ring (bicyclic) bond motifs is 4. The first-order valence-corrected chi connectivity index (χ1v) is 9.89. The van der Waals surface area contributed by atoms with Crippen LogP contribution < -0.4 is 5.32 Å². The van der Waals surface area contributed by atoms with Gasteiger partial charge in [0.25, 0.3) is 11.8 Å². The highest BCUT2D eigenvalue weighted by molar-refractivity contribution is 6.07. The van der Waals surface area contributed by atoms with Crippen LogP contribution in [0.25, 0.3) is 11.0 Å². The van der Waals surface area contributed by atoms with Crippen LogP contribution in [-0.4, -0.2) is 65.4 Å². The van der Waals surface area contributed by atoms with Crippen LogP contribution in [0.5, 0.6) is 0 Å². The Kier molecular flexibility index (Phi) is 4.11. The second kappa shape index (κ2) is 6.64. The number of hydrogen-bond donors (Lipinski definition) is 1. The summed E-state index contributed by atoms with van der Waals surface area (Å²) in [6.07, 6.45) is 7.40. The molecule has 7 nitrogen and oxygen atoms in total. The number of carbonyl (C=O) groups excluding carboxylic acids is 2. The fourth-order valence-corrected chi connectivity index (χ4v) is 4.68. The third kappa shape index (κ3) is 3.00. The van der Waals surface area contributed by atoms with Crippen LogP contribution in [0.4, 0.5) is 0 Å². The number of likely N-dealkylation sites (tertiary alicyclic amines) is 1. The van der Waals surface area contributed by atoms with Crippen LogP contribution in [0.2, 0.25) is 0 Å². The van der Waals surface area contributed by atoms with Gasteiger partial charge in [0.05, 0.1) is 11.8 Å². The number of amides is 2. The molecule has 27 heavy (non-hydrogen) atoms. The van der Waals surface area contributed by atoms with Gasteiger partial charge in [0.1, 0.15) is 12.0 Å².